The predicted molar refractivity (Wildman–Crippen MR) is 58.1 cm³/mol. The summed E-state index contributed by atoms with van der Waals surface area (Å²) in [5.41, 5.74) is 3.66. The first-order valence-electron chi connectivity index (χ1n) is 5.64. The van der Waals surface area contributed by atoms with Crippen molar-refractivity contribution >= 4 is 11.3 Å². The number of rotatable bonds is 0. The van der Waals surface area contributed by atoms with Crippen LogP contribution in [0.5, 0.6) is 0 Å². The van der Waals surface area contributed by atoms with Crippen molar-refractivity contribution in [3.8, 4) is 0 Å². The number of nitrogens with zero attached hydrogens (tertiary/aromatic N) is 1. The minimum Gasteiger partial charge on any atom is -0.367 e. The molecule has 3 nitrogen and oxygen atoms in total. The third kappa shape index (κ3) is 0.998. The molecular formula is C11H14N2OS. The van der Waals surface area contributed by atoms with E-state index in [4.69, 9.17) is 4.74 Å². The molecule has 3 aliphatic rings. The molecule has 1 aromatic heterocycles. The van der Waals surface area contributed by atoms with Gasteiger partial charge in [-0.2, -0.15) is 0 Å². The van der Waals surface area contributed by atoms with E-state index in [2.05, 4.69) is 10.3 Å². The van der Waals surface area contributed by atoms with Crippen LogP contribution < -0.4 is 5.32 Å². The smallest absolute Gasteiger partial charge is 0.118 e. The Morgan fingerprint density at radius 1 is 1.40 bits per heavy atom. The average Bonchev–Trinajstić information content (AvgIpc) is 2.73. The number of nitrogens with one attached hydrogen (secondary N) is 1. The molecule has 0 radical (unpaired) electrons. The second-order valence-electron chi connectivity index (χ2n) is 5.02. The highest BCUT2D eigenvalue weighted by molar-refractivity contribution is 7.10. The van der Waals surface area contributed by atoms with Gasteiger partial charge in [-0.3, -0.25) is 0 Å². The van der Waals surface area contributed by atoms with Crippen LogP contribution in [0.1, 0.15) is 29.8 Å². The largest absolute Gasteiger partial charge is 0.367 e. The quantitative estimate of drug-likeness (QED) is 0.720. The van der Waals surface area contributed by atoms with Crippen molar-refractivity contribution in [1.29, 1.82) is 0 Å². The fraction of sp³-hybridized carbons (Fsp3) is 0.727. The van der Waals surface area contributed by atoms with Crippen molar-refractivity contribution < 1.29 is 4.74 Å². The summed E-state index contributed by atoms with van der Waals surface area (Å²) in [7, 11) is 0. The lowest BCUT2D eigenvalue weighted by molar-refractivity contribution is -0.0580. The zero-order valence-electron chi connectivity index (χ0n) is 8.58. The van der Waals surface area contributed by atoms with E-state index in [1.54, 1.807) is 11.3 Å². The molecule has 2 spiro atoms. The van der Waals surface area contributed by atoms with Gasteiger partial charge in [-0.25, -0.2) is 4.98 Å². The Hall–Kier alpha value is -0.450. The summed E-state index contributed by atoms with van der Waals surface area (Å²) in [5, 5.41) is 3.42. The Kier molecular flexibility index (Phi) is 1.51. The summed E-state index contributed by atoms with van der Waals surface area (Å²) < 4.78 is 6.20. The highest BCUT2D eigenvalue weighted by Crippen LogP contribution is 2.56. The molecule has 2 fully saturated rings. The zero-order valence-corrected chi connectivity index (χ0v) is 9.40. The lowest BCUT2D eigenvalue weighted by Gasteiger charge is -2.36. The van der Waals surface area contributed by atoms with Gasteiger partial charge in [0.05, 0.1) is 22.7 Å². The topological polar surface area (TPSA) is 34.2 Å². The van der Waals surface area contributed by atoms with Crippen molar-refractivity contribution in [1.82, 2.24) is 10.3 Å². The van der Waals surface area contributed by atoms with E-state index in [1.165, 1.54) is 23.4 Å². The fourth-order valence-electron chi connectivity index (χ4n) is 2.88. The van der Waals surface area contributed by atoms with E-state index in [9.17, 15) is 0 Å². The molecule has 1 N–H and O–H groups in total. The van der Waals surface area contributed by atoms with Gasteiger partial charge in [-0.05, 0) is 25.8 Å². The summed E-state index contributed by atoms with van der Waals surface area (Å²) in [6.07, 6.45) is 3.65. The maximum absolute atomic E-state index is 6.20. The van der Waals surface area contributed by atoms with Crippen LogP contribution in [0.2, 0.25) is 0 Å². The minimum atomic E-state index is -0.0235. The molecule has 2 aliphatic heterocycles. The molecule has 1 saturated carbocycles. The van der Waals surface area contributed by atoms with E-state index in [0.717, 1.165) is 26.1 Å². The molecule has 80 valence electrons. The molecular weight excluding hydrogens is 208 g/mol. The number of hydrogen-bond donors (Lipinski definition) is 1. The van der Waals surface area contributed by atoms with Crippen molar-refractivity contribution in [3.63, 3.8) is 0 Å². The molecule has 4 rings (SSSR count). The highest BCUT2D eigenvalue weighted by Gasteiger charge is 2.56. The number of fused-ring (bicyclic) bond motifs is 3. The fourth-order valence-corrected chi connectivity index (χ4v) is 3.97. The van der Waals surface area contributed by atoms with Crippen molar-refractivity contribution in [3.05, 3.63) is 16.1 Å². The van der Waals surface area contributed by atoms with E-state index in [-0.39, 0.29) is 5.60 Å². The summed E-state index contributed by atoms with van der Waals surface area (Å²) in [6.45, 7) is 2.94. The van der Waals surface area contributed by atoms with Crippen LogP contribution in [0, 0.1) is 0 Å². The van der Waals surface area contributed by atoms with Crippen LogP contribution in [-0.2, 0) is 15.8 Å². The first kappa shape index (κ1) is 8.67. The molecule has 1 saturated heterocycles. The van der Waals surface area contributed by atoms with Gasteiger partial charge in [-0.1, -0.05) is 0 Å². The lowest BCUT2D eigenvalue weighted by Crippen LogP contribution is -2.40. The number of ether oxygens (including phenoxy) is 1. The monoisotopic (exact) mass is 222 g/mol. The van der Waals surface area contributed by atoms with Gasteiger partial charge in [0.25, 0.3) is 0 Å². The Bertz CT molecular complexity index is 404. The molecule has 1 unspecified atom stereocenters. The molecule has 1 atom stereocenters. The van der Waals surface area contributed by atoms with E-state index in [0.29, 0.717) is 5.41 Å². The van der Waals surface area contributed by atoms with Crippen LogP contribution in [0.3, 0.4) is 0 Å². The third-order valence-electron chi connectivity index (χ3n) is 4.08. The Morgan fingerprint density at radius 2 is 2.33 bits per heavy atom. The Morgan fingerprint density at radius 3 is 3.07 bits per heavy atom. The van der Waals surface area contributed by atoms with Gasteiger partial charge in [0.2, 0.25) is 0 Å². The number of thiazole rings is 1. The van der Waals surface area contributed by atoms with Gasteiger partial charge in [0.1, 0.15) is 5.60 Å². The van der Waals surface area contributed by atoms with Crippen molar-refractivity contribution in [2.24, 2.45) is 0 Å². The lowest BCUT2D eigenvalue weighted by atomic mass is 9.89. The molecule has 0 amide bonds. The van der Waals surface area contributed by atoms with Crippen molar-refractivity contribution in [2.75, 3.05) is 19.7 Å². The molecule has 0 bridgehead atoms. The first-order valence-corrected chi connectivity index (χ1v) is 6.52. The Labute approximate surface area is 92.9 Å². The van der Waals surface area contributed by atoms with E-state index < -0.39 is 0 Å². The van der Waals surface area contributed by atoms with Gasteiger partial charge in [-0.15, -0.1) is 11.3 Å². The highest BCUT2D eigenvalue weighted by atomic mass is 32.1. The molecule has 4 heteroatoms. The normalized spacial score (nSPS) is 36.0. The SMILES string of the molecule is c1nc2c(s1)C1(CCNC1)OCC21CC1. The molecule has 15 heavy (non-hydrogen) atoms. The van der Waals surface area contributed by atoms with Gasteiger partial charge in [0, 0.05) is 12.0 Å². The van der Waals surface area contributed by atoms with Crippen LogP contribution in [0.25, 0.3) is 0 Å². The van der Waals surface area contributed by atoms with Gasteiger partial charge >= 0.3 is 0 Å². The number of hydrogen-bond acceptors (Lipinski definition) is 4. The van der Waals surface area contributed by atoms with E-state index in [1.807, 2.05) is 5.51 Å². The summed E-state index contributed by atoms with van der Waals surface area (Å²) in [4.78, 5) is 6.01. The van der Waals surface area contributed by atoms with Gasteiger partial charge in [0.15, 0.2) is 0 Å². The first-order chi connectivity index (χ1) is 7.35. The molecule has 1 aromatic rings. The van der Waals surface area contributed by atoms with Crippen LogP contribution in [0.15, 0.2) is 5.51 Å². The standard InChI is InChI=1S/C11H14N2OS/c1-2-10(1)6-14-11(3-4-12-5-11)9-8(10)13-7-15-9/h7,12H,1-6H2. The summed E-state index contributed by atoms with van der Waals surface area (Å²) >= 11 is 1.79. The Balaban J connectivity index is 1.87. The average molecular weight is 222 g/mol. The third-order valence-corrected chi connectivity index (χ3v) is 5.09. The van der Waals surface area contributed by atoms with Crippen LogP contribution in [0.4, 0.5) is 0 Å². The summed E-state index contributed by atoms with van der Waals surface area (Å²) in [6, 6.07) is 0. The molecule has 1 aliphatic carbocycles. The number of aromatic nitrogens is 1. The summed E-state index contributed by atoms with van der Waals surface area (Å²) in [5.74, 6) is 0. The maximum Gasteiger partial charge on any atom is 0.118 e. The van der Waals surface area contributed by atoms with Crippen LogP contribution >= 0.6 is 11.3 Å². The maximum atomic E-state index is 6.20. The van der Waals surface area contributed by atoms with Crippen LogP contribution in [-0.4, -0.2) is 24.7 Å². The second-order valence-corrected chi connectivity index (χ2v) is 5.87. The van der Waals surface area contributed by atoms with Gasteiger partial charge < -0.3 is 10.1 Å². The van der Waals surface area contributed by atoms with Crippen molar-refractivity contribution in [2.45, 2.75) is 30.3 Å². The predicted octanol–water partition coefficient (Wildman–Crippen LogP) is 1.39. The van der Waals surface area contributed by atoms with E-state index >= 15 is 0 Å². The molecule has 3 heterocycles. The molecule has 0 aromatic carbocycles. The second kappa shape index (κ2) is 2.62. The minimum absolute atomic E-state index is 0.0235. The zero-order chi connectivity index (χ0) is 9.93.